The monoisotopic (exact) mass is 486 g/mol. The van der Waals surface area contributed by atoms with Crippen LogP contribution in [0.1, 0.15) is 35.4 Å². The number of carbonyl (C=O) groups excluding carboxylic acids is 1. The first-order chi connectivity index (χ1) is 17.0. The molecule has 1 aromatic heterocycles. The molecule has 180 valence electrons. The first-order valence-electron chi connectivity index (χ1n) is 12.3. The topological polar surface area (TPSA) is 50.2 Å². The van der Waals surface area contributed by atoms with Gasteiger partial charge in [0.1, 0.15) is 5.82 Å². The maximum atomic E-state index is 12.9. The van der Waals surface area contributed by atoms with Gasteiger partial charge in [0.25, 0.3) is 0 Å². The molecule has 5 rings (SSSR count). The lowest BCUT2D eigenvalue weighted by atomic mass is 9.97. The Kier molecular flexibility index (Phi) is 7.16. The number of benzene rings is 3. The van der Waals surface area contributed by atoms with E-state index in [2.05, 4.69) is 76.3 Å². The minimum atomic E-state index is 0.00305. The molecule has 4 aromatic rings. The van der Waals surface area contributed by atoms with Gasteiger partial charge >= 0.3 is 0 Å². The number of carbonyl (C=O) groups is 1. The average molecular weight is 487 g/mol. The number of aromatic nitrogens is 2. The van der Waals surface area contributed by atoms with E-state index in [1.54, 1.807) is 0 Å². The number of aryl methyl sites for hydroxylation is 1. The Labute approximate surface area is 211 Å². The highest BCUT2D eigenvalue weighted by Gasteiger charge is 2.27. The molecule has 5 nitrogen and oxygen atoms in total. The van der Waals surface area contributed by atoms with E-state index in [4.69, 9.17) is 16.6 Å². The number of halogens is 1. The molecule has 6 heteroatoms. The largest absolute Gasteiger partial charge is 0.352 e. The molecule has 0 radical (unpaired) electrons. The van der Waals surface area contributed by atoms with Crippen LogP contribution in [0.5, 0.6) is 0 Å². The van der Waals surface area contributed by atoms with E-state index in [1.807, 2.05) is 18.2 Å². The normalized spacial score (nSPS) is 16.5. The molecule has 1 fully saturated rings. The van der Waals surface area contributed by atoms with Crippen molar-refractivity contribution in [2.24, 2.45) is 5.92 Å². The van der Waals surface area contributed by atoms with Crippen molar-refractivity contribution in [2.45, 2.75) is 39.4 Å². The van der Waals surface area contributed by atoms with Crippen molar-refractivity contribution in [2.75, 3.05) is 13.1 Å². The molecule has 0 unspecified atom stereocenters. The molecule has 2 heterocycles. The van der Waals surface area contributed by atoms with Gasteiger partial charge in [-0.2, -0.15) is 0 Å². The standard InChI is InChI=1S/C29H31ClN4O/c1-21-8-10-22(11-9-21)17-31-29(35)24-5-4-16-33(19-24)20-28-32-26-6-2-3-7-27(26)34(28)18-23-12-14-25(30)15-13-23/h2-3,6-15,24H,4-5,16-20H2,1H3,(H,31,35)/t24-/m0/s1. The van der Waals surface area contributed by atoms with Gasteiger partial charge in [-0.1, -0.05) is 65.7 Å². The third-order valence-electron chi connectivity index (χ3n) is 6.82. The molecule has 35 heavy (non-hydrogen) atoms. The molecule has 1 N–H and O–H groups in total. The highest BCUT2D eigenvalue weighted by molar-refractivity contribution is 6.30. The van der Waals surface area contributed by atoms with Crippen molar-refractivity contribution in [3.05, 3.63) is 100 Å². The second-order valence-corrected chi connectivity index (χ2v) is 9.94. The second-order valence-electron chi connectivity index (χ2n) is 9.51. The van der Waals surface area contributed by atoms with Gasteiger partial charge in [-0.3, -0.25) is 9.69 Å². The number of hydrogen-bond acceptors (Lipinski definition) is 3. The number of amides is 1. The third-order valence-corrected chi connectivity index (χ3v) is 7.07. The Morgan fingerprint density at radius 2 is 1.74 bits per heavy atom. The Morgan fingerprint density at radius 3 is 2.54 bits per heavy atom. The molecule has 0 bridgehead atoms. The second kappa shape index (κ2) is 10.6. The van der Waals surface area contributed by atoms with E-state index in [0.717, 1.165) is 66.5 Å². The van der Waals surface area contributed by atoms with Crippen molar-refractivity contribution >= 4 is 28.5 Å². The van der Waals surface area contributed by atoms with Crippen molar-refractivity contribution in [3.8, 4) is 0 Å². The summed E-state index contributed by atoms with van der Waals surface area (Å²) in [6.45, 7) is 5.84. The number of para-hydroxylation sites is 2. The summed E-state index contributed by atoms with van der Waals surface area (Å²) in [6.07, 6.45) is 1.94. The van der Waals surface area contributed by atoms with Crippen LogP contribution in [0.3, 0.4) is 0 Å². The predicted octanol–water partition coefficient (Wildman–Crippen LogP) is 5.57. The molecule has 1 saturated heterocycles. The van der Waals surface area contributed by atoms with Crippen molar-refractivity contribution in [3.63, 3.8) is 0 Å². The van der Waals surface area contributed by atoms with Crippen LogP contribution in [-0.4, -0.2) is 33.4 Å². The molecule has 1 amide bonds. The average Bonchev–Trinajstić information content (AvgIpc) is 3.21. The first-order valence-corrected chi connectivity index (χ1v) is 12.7. The molecular weight excluding hydrogens is 456 g/mol. The molecule has 1 atom stereocenters. The fraction of sp³-hybridized carbons (Fsp3) is 0.310. The van der Waals surface area contributed by atoms with Crippen LogP contribution in [0.2, 0.25) is 5.02 Å². The van der Waals surface area contributed by atoms with Crippen molar-refractivity contribution in [1.29, 1.82) is 0 Å². The van der Waals surface area contributed by atoms with Gasteiger partial charge in [0, 0.05) is 24.7 Å². The Balaban J connectivity index is 1.28. The lowest BCUT2D eigenvalue weighted by molar-refractivity contribution is -0.127. The number of fused-ring (bicyclic) bond motifs is 1. The van der Waals surface area contributed by atoms with E-state index >= 15 is 0 Å². The minimum Gasteiger partial charge on any atom is -0.352 e. The Hall–Kier alpha value is -3.15. The molecule has 3 aromatic carbocycles. The SMILES string of the molecule is Cc1ccc(CNC(=O)[C@H]2CCCN(Cc3nc4ccccc4n3Cc3ccc(Cl)cc3)C2)cc1. The number of nitrogens with zero attached hydrogens (tertiary/aromatic N) is 3. The zero-order valence-corrected chi connectivity index (χ0v) is 20.8. The zero-order valence-electron chi connectivity index (χ0n) is 20.1. The summed E-state index contributed by atoms with van der Waals surface area (Å²) >= 11 is 6.09. The number of nitrogens with one attached hydrogen (secondary N) is 1. The van der Waals surface area contributed by atoms with Crippen LogP contribution >= 0.6 is 11.6 Å². The van der Waals surface area contributed by atoms with E-state index in [0.29, 0.717) is 6.54 Å². The molecule has 1 aliphatic rings. The summed E-state index contributed by atoms with van der Waals surface area (Å²) in [4.78, 5) is 20.3. The molecule has 0 spiro atoms. The van der Waals surface area contributed by atoms with Crippen molar-refractivity contribution in [1.82, 2.24) is 19.8 Å². The predicted molar refractivity (Wildman–Crippen MR) is 141 cm³/mol. The maximum absolute atomic E-state index is 12.9. The lowest BCUT2D eigenvalue weighted by Crippen LogP contribution is -2.42. The van der Waals surface area contributed by atoms with Gasteiger partial charge in [-0.25, -0.2) is 4.98 Å². The number of imidazole rings is 1. The van der Waals surface area contributed by atoms with Crippen LogP contribution in [0.15, 0.2) is 72.8 Å². The smallest absolute Gasteiger partial charge is 0.224 e. The van der Waals surface area contributed by atoms with E-state index in [9.17, 15) is 4.79 Å². The minimum absolute atomic E-state index is 0.00305. The van der Waals surface area contributed by atoms with E-state index in [1.165, 1.54) is 11.1 Å². The van der Waals surface area contributed by atoms with Gasteiger partial charge in [0.15, 0.2) is 0 Å². The first kappa shape index (κ1) is 23.6. The quantitative estimate of drug-likeness (QED) is 0.371. The number of likely N-dealkylation sites (tertiary alicyclic amines) is 1. The molecule has 0 aliphatic carbocycles. The molecule has 0 saturated carbocycles. The zero-order chi connectivity index (χ0) is 24.2. The maximum Gasteiger partial charge on any atom is 0.224 e. The van der Waals surface area contributed by atoms with Gasteiger partial charge in [0.05, 0.1) is 23.5 Å². The fourth-order valence-electron chi connectivity index (χ4n) is 4.85. The summed E-state index contributed by atoms with van der Waals surface area (Å²) in [5, 5.41) is 3.89. The van der Waals surface area contributed by atoms with Crippen LogP contribution in [-0.2, 0) is 24.4 Å². The third kappa shape index (κ3) is 5.75. The summed E-state index contributed by atoms with van der Waals surface area (Å²) < 4.78 is 2.29. The van der Waals surface area contributed by atoms with Gasteiger partial charge in [-0.15, -0.1) is 0 Å². The van der Waals surface area contributed by atoms with Gasteiger partial charge in [-0.05, 0) is 61.7 Å². The van der Waals surface area contributed by atoms with Gasteiger partial charge < -0.3 is 9.88 Å². The van der Waals surface area contributed by atoms with Gasteiger partial charge in [0.2, 0.25) is 5.91 Å². The summed E-state index contributed by atoms with van der Waals surface area (Å²) in [5.41, 5.74) is 5.67. The molecular formula is C29H31ClN4O. The van der Waals surface area contributed by atoms with Crippen LogP contribution in [0.4, 0.5) is 0 Å². The number of piperidine rings is 1. The van der Waals surface area contributed by atoms with E-state index in [-0.39, 0.29) is 11.8 Å². The Bertz CT molecular complexity index is 1300. The van der Waals surface area contributed by atoms with E-state index < -0.39 is 0 Å². The summed E-state index contributed by atoms with van der Waals surface area (Å²) in [7, 11) is 0. The fourth-order valence-corrected chi connectivity index (χ4v) is 4.97. The van der Waals surface area contributed by atoms with Crippen molar-refractivity contribution < 1.29 is 4.79 Å². The summed E-state index contributed by atoms with van der Waals surface area (Å²) in [6, 6.07) is 24.6. The number of rotatable bonds is 7. The summed E-state index contributed by atoms with van der Waals surface area (Å²) in [5.74, 6) is 1.18. The van der Waals surface area contributed by atoms with Crippen LogP contribution < -0.4 is 5.32 Å². The highest BCUT2D eigenvalue weighted by Crippen LogP contribution is 2.23. The van der Waals surface area contributed by atoms with Crippen LogP contribution in [0.25, 0.3) is 11.0 Å². The Morgan fingerprint density at radius 1 is 1.00 bits per heavy atom. The van der Waals surface area contributed by atoms with Crippen LogP contribution in [0, 0.1) is 12.8 Å². The lowest BCUT2D eigenvalue weighted by Gasteiger charge is -2.31. The number of hydrogen-bond donors (Lipinski definition) is 1. The highest BCUT2D eigenvalue weighted by atomic mass is 35.5. The molecule has 1 aliphatic heterocycles.